The highest BCUT2D eigenvalue weighted by molar-refractivity contribution is 5.54. The first kappa shape index (κ1) is 20.6. The van der Waals surface area contributed by atoms with Gasteiger partial charge in [-0.15, -0.1) is 0 Å². The average Bonchev–Trinajstić information content (AvgIpc) is 3.47. The van der Waals surface area contributed by atoms with Crippen molar-refractivity contribution in [3.05, 3.63) is 37.4 Å². The highest BCUT2D eigenvalue weighted by Gasteiger charge is 2.60. The lowest BCUT2D eigenvalue weighted by atomic mass is 9.49. The number of nitrogens with zero attached hydrogens (tertiary/aromatic N) is 7. The number of hydrogen-bond donors (Lipinski definition) is 2. The van der Waals surface area contributed by atoms with E-state index in [1.54, 1.807) is 6.33 Å². The predicted molar refractivity (Wildman–Crippen MR) is 117 cm³/mol. The minimum atomic E-state index is -0.250. The van der Waals surface area contributed by atoms with Gasteiger partial charge >= 0.3 is 0 Å². The quantitative estimate of drug-likeness (QED) is 0.585. The molecule has 0 amide bonds. The van der Waals surface area contributed by atoms with Gasteiger partial charge in [-0.2, -0.15) is 5.10 Å². The van der Waals surface area contributed by atoms with Crippen molar-refractivity contribution in [2.75, 3.05) is 11.9 Å². The zero-order valence-electron chi connectivity index (χ0n) is 18.1. The molecule has 4 aliphatic rings. The molecular formula is C22H28N8O2. The number of nitrogens with one attached hydrogen (secondary N) is 1. The lowest BCUT2D eigenvalue weighted by Crippen LogP contribution is -2.60. The van der Waals surface area contributed by atoms with E-state index in [2.05, 4.69) is 40.8 Å². The summed E-state index contributed by atoms with van der Waals surface area (Å²) >= 11 is 0. The molecule has 2 N–H and O–H groups in total. The number of carbonyl (C=O) groups is 1. The summed E-state index contributed by atoms with van der Waals surface area (Å²) in [5.74, 6) is 3.11. The van der Waals surface area contributed by atoms with Crippen LogP contribution < -0.4 is 5.32 Å². The van der Waals surface area contributed by atoms with Crippen molar-refractivity contribution in [1.29, 1.82) is 0 Å². The Bertz CT molecular complexity index is 1050. The van der Waals surface area contributed by atoms with Crippen LogP contribution in [0.4, 0.5) is 5.95 Å². The van der Waals surface area contributed by atoms with E-state index in [9.17, 15) is 0 Å². The van der Waals surface area contributed by atoms with Crippen LogP contribution in [0.2, 0.25) is 0 Å². The van der Waals surface area contributed by atoms with Crippen LogP contribution in [0.15, 0.2) is 37.4 Å². The largest absolute Gasteiger partial charge is 0.483 e. The molecule has 0 aromatic carbocycles. The van der Waals surface area contributed by atoms with Crippen LogP contribution in [-0.4, -0.2) is 52.4 Å². The van der Waals surface area contributed by atoms with Gasteiger partial charge in [-0.25, -0.2) is 24.6 Å². The predicted octanol–water partition coefficient (Wildman–Crippen LogP) is 2.77. The molecule has 10 heteroatoms. The van der Waals surface area contributed by atoms with Crippen LogP contribution >= 0.6 is 0 Å². The van der Waals surface area contributed by atoms with Crippen LogP contribution in [0.25, 0.3) is 11.4 Å². The van der Waals surface area contributed by atoms with Gasteiger partial charge in [0.2, 0.25) is 5.95 Å². The summed E-state index contributed by atoms with van der Waals surface area (Å²) in [6, 6.07) is 0. The summed E-state index contributed by atoms with van der Waals surface area (Å²) in [7, 11) is 0. The molecule has 168 valence electrons. The zero-order chi connectivity index (χ0) is 22.2. The van der Waals surface area contributed by atoms with Gasteiger partial charge < -0.3 is 15.0 Å². The lowest BCUT2D eigenvalue weighted by molar-refractivity contribution is -0.122. The van der Waals surface area contributed by atoms with Crippen molar-refractivity contribution in [2.45, 2.75) is 56.5 Å². The third-order valence-corrected chi connectivity index (χ3v) is 7.30. The van der Waals surface area contributed by atoms with Gasteiger partial charge in [0.05, 0.1) is 11.1 Å². The molecule has 0 saturated heterocycles. The highest BCUT2D eigenvalue weighted by atomic mass is 16.3. The van der Waals surface area contributed by atoms with Crippen LogP contribution in [0.5, 0.6) is 0 Å². The number of hydrogen-bond acceptors (Lipinski definition) is 7. The molecular weight excluding hydrogens is 408 g/mol. The smallest absolute Gasteiger partial charge is 0.290 e. The highest BCUT2D eigenvalue weighted by Crippen LogP contribution is 2.63. The van der Waals surface area contributed by atoms with Crippen LogP contribution in [0.3, 0.4) is 0 Å². The Hall–Kier alpha value is -3.30. The molecule has 4 saturated carbocycles. The lowest BCUT2D eigenvalue weighted by Gasteiger charge is -2.62. The number of imidazole rings is 1. The van der Waals surface area contributed by atoms with E-state index in [0.29, 0.717) is 5.95 Å². The molecule has 0 radical (unpaired) electrons. The summed E-state index contributed by atoms with van der Waals surface area (Å²) in [4.78, 5) is 26.3. The molecule has 0 spiro atoms. The first-order valence-electron chi connectivity index (χ1n) is 11.1. The minimum absolute atomic E-state index is 0.0855. The number of aromatic nitrogens is 7. The fourth-order valence-electron chi connectivity index (χ4n) is 6.76. The Morgan fingerprint density at radius 3 is 2.47 bits per heavy atom. The maximum atomic E-state index is 8.36. The molecule has 3 heterocycles. The summed E-state index contributed by atoms with van der Waals surface area (Å²) in [5.41, 5.74) is 1.15. The third kappa shape index (κ3) is 3.34. The van der Waals surface area contributed by atoms with Gasteiger partial charge in [-0.1, -0.05) is 0 Å². The van der Waals surface area contributed by atoms with Crippen LogP contribution in [0, 0.1) is 11.8 Å². The van der Waals surface area contributed by atoms with Gasteiger partial charge in [0.25, 0.3) is 6.47 Å². The molecule has 7 rings (SSSR count). The Balaban J connectivity index is 0.000000684. The first-order chi connectivity index (χ1) is 15.6. The maximum Gasteiger partial charge on any atom is 0.290 e. The van der Waals surface area contributed by atoms with E-state index >= 15 is 0 Å². The van der Waals surface area contributed by atoms with Crippen LogP contribution in [0.1, 0.15) is 45.4 Å². The molecule has 3 aromatic rings. The molecule has 0 aliphatic heterocycles. The molecule has 3 aromatic heterocycles. The molecule has 4 aliphatic carbocycles. The standard InChI is InChI=1S/C21H26N8.CH2O2/c1-2-23-19-25-10-17(11-26-19)18-24-3-4-28(18)20-6-15-5-16(7-20)9-21(8-15,12-20)29-14-22-13-27-29;2-1-3/h3-4,10-11,13-16H,2,5-9,12H2,1H3,(H,23,25,26);1H,(H,2,3). The van der Waals surface area contributed by atoms with Gasteiger partial charge in [0.1, 0.15) is 18.5 Å². The average molecular weight is 437 g/mol. The number of rotatable bonds is 5. The van der Waals surface area contributed by atoms with Gasteiger partial charge in [0, 0.05) is 36.9 Å². The Kier molecular flexibility index (Phi) is 5.15. The molecule has 2 unspecified atom stereocenters. The van der Waals surface area contributed by atoms with E-state index in [-0.39, 0.29) is 17.6 Å². The topological polar surface area (TPSA) is 124 Å². The van der Waals surface area contributed by atoms with E-state index in [1.807, 2.05) is 31.8 Å². The molecule has 32 heavy (non-hydrogen) atoms. The van der Waals surface area contributed by atoms with Crippen LogP contribution in [-0.2, 0) is 15.9 Å². The Morgan fingerprint density at radius 2 is 1.84 bits per heavy atom. The number of carboxylic acid groups (broad SMARTS) is 1. The van der Waals surface area contributed by atoms with Gasteiger partial charge in [-0.3, -0.25) is 4.79 Å². The van der Waals surface area contributed by atoms with E-state index in [0.717, 1.165) is 36.2 Å². The Morgan fingerprint density at radius 1 is 1.16 bits per heavy atom. The summed E-state index contributed by atoms with van der Waals surface area (Å²) in [5, 5.41) is 14.6. The Labute approximate surface area is 186 Å². The van der Waals surface area contributed by atoms with E-state index < -0.39 is 0 Å². The third-order valence-electron chi connectivity index (χ3n) is 7.30. The van der Waals surface area contributed by atoms with Gasteiger partial charge in [0.15, 0.2) is 0 Å². The van der Waals surface area contributed by atoms with Crippen molar-refractivity contribution < 1.29 is 9.90 Å². The van der Waals surface area contributed by atoms with Crippen molar-refractivity contribution in [3.63, 3.8) is 0 Å². The monoisotopic (exact) mass is 436 g/mol. The maximum absolute atomic E-state index is 8.36. The second-order valence-electron chi connectivity index (χ2n) is 9.30. The molecule has 10 nitrogen and oxygen atoms in total. The summed E-state index contributed by atoms with van der Waals surface area (Å²) < 4.78 is 4.59. The zero-order valence-corrected chi connectivity index (χ0v) is 18.1. The summed E-state index contributed by atoms with van der Waals surface area (Å²) in [6.45, 7) is 2.60. The second-order valence-corrected chi connectivity index (χ2v) is 9.30. The summed E-state index contributed by atoms with van der Waals surface area (Å²) in [6.07, 6.45) is 18.8. The van der Waals surface area contributed by atoms with E-state index in [1.165, 1.54) is 32.1 Å². The normalized spacial score (nSPS) is 29.9. The second kappa shape index (κ2) is 7.99. The first-order valence-corrected chi connectivity index (χ1v) is 11.1. The van der Waals surface area contributed by atoms with Crippen molar-refractivity contribution >= 4 is 12.4 Å². The van der Waals surface area contributed by atoms with E-state index in [4.69, 9.17) is 14.9 Å². The van der Waals surface area contributed by atoms with Crippen molar-refractivity contribution in [1.82, 2.24) is 34.3 Å². The fourth-order valence-corrected chi connectivity index (χ4v) is 6.76. The molecule has 4 fully saturated rings. The molecule has 2 atom stereocenters. The minimum Gasteiger partial charge on any atom is -0.483 e. The van der Waals surface area contributed by atoms with Crippen molar-refractivity contribution in [3.8, 4) is 11.4 Å². The molecule has 4 bridgehead atoms. The number of anilines is 1. The fraction of sp³-hybridized carbons (Fsp3) is 0.545. The van der Waals surface area contributed by atoms with Gasteiger partial charge in [-0.05, 0) is 57.3 Å². The van der Waals surface area contributed by atoms with Crippen molar-refractivity contribution in [2.24, 2.45) is 11.8 Å². The SMILES string of the molecule is CCNc1ncc(-c2nccn2C23CC4CC(CC(n5cncn5)(C4)C2)C3)cn1.O=CO.